The highest BCUT2D eigenvalue weighted by Gasteiger charge is 2.20. The molecule has 0 aromatic heterocycles. The van der Waals surface area contributed by atoms with Crippen LogP contribution in [0.15, 0.2) is 17.7 Å². The lowest BCUT2D eigenvalue weighted by Gasteiger charge is -2.07. The number of Topliss-reactive ketones (excluding diaryl/α,β-unsaturated/α-hetero) is 1. The van der Waals surface area contributed by atoms with Crippen molar-refractivity contribution in [3.8, 4) is 0 Å². The minimum Gasteiger partial charge on any atom is -0.462 e. The van der Waals surface area contributed by atoms with Gasteiger partial charge in [-0.05, 0) is 86.8 Å². The largest absolute Gasteiger partial charge is 0.462 e. The van der Waals surface area contributed by atoms with Gasteiger partial charge in [-0.1, -0.05) is 0 Å². The van der Waals surface area contributed by atoms with Gasteiger partial charge in [-0.25, -0.2) is 9.59 Å². The highest BCUT2D eigenvalue weighted by atomic mass is 127. The number of hydrogen-bond donors (Lipinski definition) is 0. The van der Waals surface area contributed by atoms with Gasteiger partial charge in [-0.3, -0.25) is 4.79 Å². The summed E-state index contributed by atoms with van der Waals surface area (Å²) in [6.45, 7) is 1.78. The molecule has 0 saturated carbocycles. The molecule has 106 valence electrons. The van der Waals surface area contributed by atoms with Gasteiger partial charge in [0.15, 0.2) is 5.78 Å². The number of carbonyl (C=O) groups excluding carboxylic acids is 3. The number of ether oxygens (including phenoxy) is 1. The summed E-state index contributed by atoms with van der Waals surface area (Å²) in [6, 6.07) is 3.52. The van der Waals surface area contributed by atoms with Crippen molar-refractivity contribution in [2.24, 2.45) is 0 Å². The molecule has 0 aliphatic carbocycles. The van der Waals surface area contributed by atoms with E-state index in [0.29, 0.717) is 5.56 Å². The van der Waals surface area contributed by atoms with Crippen molar-refractivity contribution in [3.05, 3.63) is 34.0 Å². The third-order valence-corrected chi connectivity index (χ3v) is 7.52. The second kappa shape index (κ2) is 8.44. The zero-order chi connectivity index (χ0) is 15.3. The quantitative estimate of drug-likeness (QED) is 0.128. The normalized spacial score (nSPS) is 9.80. The molecule has 0 fully saturated rings. The van der Waals surface area contributed by atoms with Gasteiger partial charge in [0.25, 0.3) is 0 Å². The number of esters is 1. The summed E-state index contributed by atoms with van der Waals surface area (Å²) in [5.41, 5.74) is 0.216. The van der Waals surface area contributed by atoms with Gasteiger partial charge >= 0.3 is 5.97 Å². The molecular weight excluding hydrogens is 601 g/mol. The smallest absolute Gasteiger partial charge is 0.345 e. The van der Waals surface area contributed by atoms with Gasteiger partial charge in [0.2, 0.25) is 0 Å². The molecular formula is C13H9I3O4. The highest BCUT2D eigenvalue weighted by Crippen LogP contribution is 2.26. The molecule has 7 heteroatoms. The molecule has 0 atom stereocenters. The molecule has 0 unspecified atom stereocenters. The fourth-order valence-corrected chi connectivity index (χ4v) is 3.57. The summed E-state index contributed by atoms with van der Waals surface area (Å²) in [7, 11) is 0. The van der Waals surface area contributed by atoms with Crippen LogP contribution >= 0.6 is 67.8 Å². The molecule has 0 spiro atoms. The number of carbonyl (C=O) groups is 2. The van der Waals surface area contributed by atoms with E-state index in [0.717, 1.165) is 10.7 Å². The lowest BCUT2D eigenvalue weighted by atomic mass is 10.0. The lowest BCUT2D eigenvalue weighted by molar-refractivity contribution is -0.138. The van der Waals surface area contributed by atoms with Crippen LogP contribution in [0.4, 0.5) is 0 Å². The molecule has 0 aliphatic heterocycles. The van der Waals surface area contributed by atoms with E-state index in [2.05, 4.69) is 67.8 Å². The molecule has 0 amide bonds. The Hall–Kier alpha value is 0.000000000000000333. The van der Waals surface area contributed by atoms with E-state index < -0.39 is 5.97 Å². The van der Waals surface area contributed by atoms with E-state index in [1.54, 1.807) is 13.0 Å². The summed E-state index contributed by atoms with van der Waals surface area (Å²) in [5, 5.41) is 0. The van der Waals surface area contributed by atoms with Crippen molar-refractivity contribution in [3.63, 3.8) is 0 Å². The number of halogens is 3. The Morgan fingerprint density at radius 3 is 2.40 bits per heavy atom. The number of benzene rings is 1. The second-order valence-corrected chi connectivity index (χ2v) is 6.94. The predicted molar refractivity (Wildman–Crippen MR) is 99.4 cm³/mol. The Balaban J connectivity index is 3.00. The average Bonchev–Trinajstić information content (AvgIpc) is 2.42. The molecule has 4 nitrogen and oxygen atoms in total. The molecule has 0 heterocycles. The van der Waals surface area contributed by atoms with Gasteiger partial charge in [0.05, 0.1) is 13.0 Å². The molecule has 0 saturated heterocycles. The fraction of sp³-hybridized carbons (Fsp3) is 0.231. The molecule has 1 rings (SSSR count). The van der Waals surface area contributed by atoms with Crippen LogP contribution in [0.3, 0.4) is 0 Å². The minimum atomic E-state index is -0.786. The standard InChI is InChI=1S/C13H9I3O4/c1-2-20-13(19)7(6-17)5-10(18)8-3-4-9(14)12(16)11(8)15/h3-4H,2,5H2,1H3. The maximum absolute atomic E-state index is 12.2. The SMILES string of the molecule is CCOC(=O)C(=C=O)CC(=O)c1ccc(I)c(I)c1I. The predicted octanol–water partition coefficient (Wildman–Crippen LogP) is 3.39. The summed E-state index contributed by atoms with van der Waals surface area (Å²) >= 11 is 6.42. The monoisotopic (exact) mass is 610 g/mol. The van der Waals surface area contributed by atoms with Crippen LogP contribution in [0.2, 0.25) is 0 Å². The van der Waals surface area contributed by atoms with Crippen molar-refractivity contribution < 1.29 is 19.1 Å². The second-order valence-electron chi connectivity index (χ2n) is 3.62. The average molecular weight is 610 g/mol. The Bertz CT molecular complexity index is 604. The lowest BCUT2D eigenvalue weighted by Crippen LogP contribution is -2.13. The number of ketones is 1. The first-order chi connectivity index (χ1) is 9.42. The molecule has 20 heavy (non-hydrogen) atoms. The molecule has 0 N–H and O–H groups in total. The van der Waals surface area contributed by atoms with Crippen LogP contribution in [-0.2, 0) is 14.3 Å². The van der Waals surface area contributed by atoms with E-state index in [1.165, 1.54) is 5.94 Å². The van der Waals surface area contributed by atoms with E-state index in [9.17, 15) is 14.4 Å². The maximum Gasteiger partial charge on any atom is 0.345 e. The molecule has 0 radical (unpaired) electrons. The zero-order valence-corrected chi connectivity index (χ0v) is 16.8. The first-order valence-electron chi connectivity index (χ1n) is 5.50. The van der Waals surface area contributed by atoms with Crippen LogP contribution in [0, 0.1) is 10.7 Å². The Morgan fingerprint density at radius 2 is 1.85 bits per heavy atom. The Labute approximate surface area is 157 Å². The molecule has 1 aromatic carbocycles. The van der Waals surface area contributed by atoms with Crippen molar-refractivity contribution in [2.45, 2.75) is 13.3 Å². The van der Waals surface area contributed by atoms with Crippen LogP contribution in [0.5, 0.6) is 0 Å². The van der Waals surface area contributed by atoms with Gasteiger partial charge < -0.3 is 4.74 Å². The van der Waals surface area contributed by atoms with Crippen molar-refractivity contribution in [2.75, 3.05) is 6.61 Å². The van der Waals surface area contributed by atoms with Crippen molar-refractivity contribution in [1.29, 1.82) is 0 Å². The highest BCUT2D eigenvalue weighted by molar-refractivity contribution is 14.1. The molecule has 1 aromatic rings. The Morgan fingerprint density at radius 1 is 1.20 bits per heavy atom. The molecule has 0 aliphatic rings. The summed E-state index contributed by atoms with van der Waals surface area (Å²) in [4.78, 5) is 34.4. The number of hydrogen-bond acceptors (Lipinski definition) is 4. The van der Waals surface area contributed by atoms with E-state index in [-0.39, 0.29) is 24.4 Å². The van der Waals surface area contributed by atoms with Gasteiger partial charge in [-0.15, -0.1) is 0 Å². The van der Waals surface area contributed by atoms with Gasteiger partial charge in [0, 0.05) is 16.3 Å². The Kier molecular flexibility index (Phi) is 7.62. The number of rotatable bonds is 5. The maximum atomic E-state index is 12.2. The van der Waals surface area contributed by atoms with Crippen LogP contribution < -0.4 is 0 Å². The van der Waals surface area contributed by atoms with E-state index in [4.69, 9.17) is 4.74 Å². The summed E-state index contributed by atoms with van der Waals surface area (Å²) < 4.78 is 7.54. The summed E-state index contributed by atoms with van der Waals surface area (Å²) in [5.74, 6) is 0.416. The van der Waals surface area contributed by atoms with Gasteiger partial charge in [0.1, 0.15) is 11.5 Å². The summed E-state index contributed by atoms with van der Waals surface area (Å²) in [6.07, 6.45) is -0.297. The van der Waals surface area contributed by atoms with Crippen molar-refractivity contribution >= 4 is 85.5 Å². The van der Waals surface area contributed by atoms with Crippen molar-refractivity contribution in [1.82, 2.24) is 0 Å². The van der Waals surface area contributed by atoms with Crippen LogP contribution in [0.1, 0.15) is 23.7 Å². The van der Waals surface area contributed by atoms with Gasteiger partial charge in [-0.2, -0.15) is 0 Å². The minimum absolute atomic E-state index is 0.150. The first-order valence-corrected chi connectivity index (χ1v) is 8.73. The third-order valence-electron chi connectivity index (χ3n) is 2.32. The van der Waals surface area contributed by atoms with E-state index >= 15 is 0 Å². The van der Waals surface area contributed by atoms with E-state index in [1.807, 2.05) is 6.07 Å². The molecule has 0 bridgehead atoms. The zero-order valence-electron chi connectivity index (χ0n) is 10.3. The van der Waals surface area contributed by atoms with Crippen LogP contribution in [0.25, 0.3) is 0 Å². The van der Waals surface area contributed by atoms with Crippen LogP contribution in [-0.4, -0.2) is 24.3 Å². The third kappa shape index (κ3) is 4.50. The first kappa shape index (κ1) is 18.1. The topological polar surface area (TPSA) is 60.4 Å². The fourth-order valence-electron chi connectivity index (χ4n) is 1.37.